The fourth-order valence-corrected chi connectivity index (χ4v) is 14.4. The van der Waals surface area contributed by atoms with Crippen molar-refractivity contribution in [1.29, 1.82) is 0 Å². The number of nitrogens with one attached hydrogen (secondary N) is 4. The molecule has 2 aromatic heterocycles. The third-order valence-electron chi connectivity index (χ3n) is 16.8. The molecule has 11 rings (SSSR count). The molecular formula is C62H67ClN10O10S2. The number of pyridine rings is 1. The Morgan fingerprint density at radius 2 is 1.73 bits per heavy atom. The van der Waals surface area contributed by atoms with E-state index in [-0.39, 0.29) is 52.3 Å². The van der Waals surface area contributed by atoms with Crippen LogP contribution in [0.15, 0.2) is 119 Å². The van der Waals surface area contributed by atoms with Crippen LogP contribution in [0.3, 0.4) is 0 Å². The number of imide groups is 2. The summed E-state index contributed by atoms with van der Waals surface area (Å²) in [5.74, 6) is -1.87. The van der Waals surface area contributed by atoms with E-state index in [2.05, 4.69) is 66.0 Å². The maximum atomic E-state index is 14.2. The molecule has 2 unspecified atom stereocenters. The zero-order valence-electron chi connectivity index (χ0n) is 47.4. The first-order valence-corrected chi connectivity index (χ1v) is 31.7. The van der Waals surface area contributed by atoms with Crippen molar-refractivity contribution in [2.75, 3.05) is 74.9 Å². The maximum absolute atomic E-state index is 14.2. The highest BCUT2D eigenvalue weighted by Gasteiger charge is 2.46. The SMILES string of the molecule is CC1(C)CCC(CN2CCN(c3ccc(C(=O)NS(=O)(=O)c4ccc(NCC5CCCN(CCCCSc6cccc7c6C(=O)N(C6CCC(=O)NC6=O)C7=O)C5)c([N+](=O)[O-])c4)c(Oc4cnc5[nH]ccc5c4)c3)CC2)=C(c2ccc(Cl)cc2)C1. The van der Waals surface area contributed by atoms with Gasteiger partial charge in [0.1, 0.15) is 28.9 Å². The standard InChI is InChI=1S/C62H67ClN10O10S2/c1-62(2)22-20-42(49(34-62)40-10-12-43(63)13-11-40)38-70-26-28-71(29-27-70)44-14-16-47(53(32-44)83-45-31-41-21-23-64-57(41)66-36-45)58(75)68-85(81,82)46-15-17-50(52(33-46)73(79)80)65-35-39-7-6-25-69(37-39)24-3-4-30-84-54-9-5-8-48-56(54)61(78)72(60(48)77)51-18-19-55(74)67-59(51)76/h5,8-17,21,23,31-33,36,39,51,65H,3-4,6-7,18-20,22,24-30,34-35,37-38H2,1-2H3,(H,64,66)(H,68,75)(H,67,74,76). The number of benzene rings is 4. The van der Waals surface area contributed by atoms with Crippen molar-refractivity contribution in [1.82, 2.24) is 34.7 Å². The van der Waals surface area contributed by atoms with E-state index < -0.39 is 61.1 Å². The molecule has 23 heteroatoms. The van der Waals surface area contributed by atoms with Crippen LogP contribution in [0.25, 0.3) is 16.6 Å². The number of allylic oxidation sites excluding steroid dienone is 1. The van der Waals surface area contributed by atoms with Crippen molar-refractivity contribution in [2.45, 2.75) is 87.5 Å². The molecule has 1 aliphatic carbocycles. The van der Waals surface area contributed by atoms with Crippen LogP contribution in [0.1, 0.15) is 108 Å². The number of anilines is 2. The van der Waals surface area contributed by atoms with Gasteiger partial charge in [0.2, 0.25) is 11.8 Å². The molecule has 444 valence electrons. The Balaban J connectivity index is 0.701. The third-order valence-corrected chi connectivity index (χ3v) is 19.5. The number of unbranched alkanes of at least 4 members (excludes halogenated alkanes) is 1. The molecule has 5 amide bonds. The first kappa shape index (κ1) is 59.1. The van der Waals surface area contributed by atoms with E-state index in [4.69, 9.17) is 16.3 Å². The average Bonchev–Trinajstić information content (AvgIpc) is 2.89. The highest BCUT2D eigenvalue weighted by atomic mass is 35.5. The summed E-state index contributed by atoms with van der Waals surface area (Å²) < 4.78 is 36.5. The van der Waals surface area contributed by atoms with Gasteiger partial charge in [0.25, 0.3) is 33.4 Å². The molecule has 2 atom stereocenters. The number of hydrogen-bond acceptors (Lipinski definition) is 16. The normalized spacial score (nSPS) is 19.5. The summed E-state index contributed by atoms with van der Waals surface area (Å²) in [6.07, 6.45) is 10.0. The second-order valence-corrected chi connectivity index (χ2v) is 26.6. The topological polar surface area (TPSA) is 250 Å². The predicted octanol–water partition coefficient (Wildman–Crippen LogP) is 9.92. The number of aromatic amines is 1. The quantitative estimate of drug-likeness (QED) is 0.0182. The second kappa shape index (κ2) is 25.1. The van der Waals surface area contributed by atoms with Gasteiger partial charge < -0.3 is 24.8 Å². The van der Waals surface area contributed by atoms with Crippen molar-refractivity contribution in [3.05, 3.63) is 146 Å². The van der Waals surface area contributed by atoms with Crippen LogP contribution in [-0.2, 0) is 19.6 Å². The lowest BCUT2D eigenvalue weighted by molar-refractivity contribution is -0.384. The van der Waals surface area contributed by atoms with Crippen molar-refractivity contribution in [3.8, 4) is 11.5 Å². The number of piperazine rings is 1. The smallest absolute Gasteiger partial charge is 0.293 e. The number of sulfonamides is 1. The number of ether oxygens (including phenoxy) is 1. The van der Waals surface area contributed by atoms with Crippen LogP contribution in [0.4, 0.5) is 17.1 Å². The van der Waals surface area contributed by atoms with Gasteiger partial charge >= 0.3 is 0 Å². The molecule has 20 nitrogen and oxygen atoms in total. The van der Waals surface area contributed by atoms with E-state index in [0.29, 0.717) is 46.7 Å². The van der Waals surface area contributed by atoms with Crippen LogP contribution in [0.2, 0.25) is 5.02 Å². The lowest BCUT2D eigenvalue weighted by atomic mass is 9.72. The number of H-pyrrole nitrogens is 1. The van der Waals surface area contributed by atoms with Gasteiger partial charge in [-0.15, -0.1) is 11.8 Å². The second-order valence-electron chi connectivity index (χ2n) is 23.3. The van der Waals surface area contributed by atoms with Crippen LogP contribution in [-0.4, -0.2) is 138 Å². The number of thioether (sulfide) groups is 1. The van der Waals surface area contributed by atoms with Crippen molar-refractivity contribution < 1.29 is 42.1 Å². The zero-order valence-corrected chi connectivity index (χ0v) is 49.8. The molecule has 3 fully saturated rings. The highest BCUT2D eigenvalue weighted by Crippen LogP contribution is 2.44. The number of piperidine rings is 2. The molecule has 4 N–H and O–H groups in total. The minimum absolute atomic E-state index is 0.0465. The van der Waals surface area contributed by atoms with Crippen LogP contribution < -0.4 is 25.0 Å². The minimum Gasteiger partial charge on any atom is -0.455 e. The summed E-state index contributed by atoms with van der Waals surface area (Å²) in [6, 6.07) is 24.4. The molecule has 0 saturated carbocycles. The molecule has 0 bridgehead atoms. The van der Waals surface area contributed by atoms with Gasteiger partial charge in [-0.25, -0.2) is 18.1 Å². The number of nitrogens with zero attached hydrogens (tertiary/aromatic N) is 6. The molecule has 3 saturated heterocycles. The molecule has 85 heavy (non-hydrogen) atoms. The van der Waals surface area contributed by atoms with E-state index in [1.54, 1.807) is 42.6 Å². The number of halogens is 1. The van der Waals surface area contributed by atoms with Crippen molar-refractivity contribution in [2.24, 2.45) is 11.3 Å². The van der Waals surface area contributed by atoms with Crippen LogP contribution in [0.5, 0.6) is 11.5 Å². The number of hydrogen-bond donors (Lipinski definition) is 4. The summed E-state index contributed by atoms with van der Waals surface area (Å²) in [4.78, 5) is 92.9. The van der Waals surface area contributed by atoms with Gasteiger partial charge in [-0.05, 0) is 153 Å². The number of amides is 5. The summed E-state index contributed by atoms with van der Waals surface area (Å²) >= 11 is 7.75. The lowest BCUT2D eigenvalue weighted by Gasteiger charge is -2.39. The number of fused-ring (bicyclic) bond motifs is 2. The fraction of sp³-hybridized carbons (Fsp3) is 0.387. The Hall–Kier alpha value is -7.63. The minimum atomic E-state index is -4.65. The van der Waals surface area contributed by atoms with E-state index in [0.717, 1.165) is 106 Å². The predicted molar refractivity (Wildman–Crippen MR) is 326 cm³/mol. The largest absolute Gasteiger partial charge is 0.455 e. The van der Waals surface area contributed by atoms with E-state index in [1.807, 2.05) is 18.2 Å². The number of aromatic nitrogens is 2. The molecular weight excluding hydrogens is 1140 g/mol. The Morgan fingerprint density at radius 3 is 2.52 bits per heavy atom. The Morgan fingerprint density at radius 1 is 0.918 bits per heavy atom. The number of nitro benzene ring substituents is 1. The number of carbonyl (C=O) groups is 5. The van der Waals surface area contributed by atoms with Gasteiger partial charge in [-0.1, -0.05) is 49.2 Å². The van der Waals surface area contributed by atoms with Gasteiger partial charge in [-0.2, -0.15) is 0 Å². The number of carbonyl (C=O) groups excluding carboxylic acids is 5. The van der Waals surface area contributed by atoms with Crippen LogP contribution in [0, 0.1) is 21.4 Å². The lowest BCUT2D eigenvalue weighted by Crippen LogP contribution is -2.54. The van der Waals surface area contributed by atoms with Gasteiger partial charge in [-0.3, -0.25) is 49.2 Å². The summed E-state index contributed by atoms with van der Waals surface area (Å²) in [5, 5.41) is 19.4. The highest BCUT2D eigenvalue weighted by molar-refractivity contribution is 7.99. The third kappa shape index (κ3) is 13.4. The van der Waals surface area contributed by atoms with E-state index in [1.165, 1.54) is 52.9 Å². The summed E-state index contributed by atoms with van der Waals surface area (Å²) in [5.41, 5.74) is 5.85. The molecule has 4 aromatic carbocycles. The number of likely N-dealkylation sites (tertiary alicyclic amines) is 1. The van der Waals surface area contributed by atoms with Gasteiger partial charge in [0.05, 0.1) is 32.7 Å². The van der Waals surface area contributed by atoms with Crippen LogP contribution >= 0.6 is 23.4 Å². The average molecular weight is 1210 g/mol. The zero-order chi connectivity index (χ0) is 59.6. The Kier molecular flexibility index (Phi) is 17.5. The van der Waals surface area contributed by atoms with E-state index in [9.17, 15) is 42.5 Å². The summed E-state index contributed by atoms with van der Waals surface area (Å²) in [7, 11) is -4.65. The van der Waals surface area contributed by atoms with Crippen molar-refractivity contribution >= 4 is 96.6 Å². The Labute approximate surface area is 502 Å². The molecule has 0 spiro atoms. The number of rotatable bonds is 20. The first-order valence-electron chi connectivity index (χ1n) is 28.8. The first-order chi connectivity index (χ1) is 40.9. The Bertz CT molecular complexity index is 3750. The maximum Gasteiger partial charge on any atom is 0.293 e. The molecule has 4 aliphatic heterocycles. The fourth-order valence-electron chi connectivity index (χ4n) is 12.2. The van der Waals surface area contributed by atoms with Gasteiger partial charge in [0, 0.05) is 91.6 Å². The van der Waals surface area contributed by atoms with Gasteiger partial charge in [0.15, 0.2) is 0 Å². The van der Waals surface area contributed by atoms with Crippen molar-refractivity contribution in [3.63, 3.8) is 0 Å². The monoisotopic (exact) mass is 1210 g/mol. The molecule has 0 radical (unpaired) electrons. The summed E-state index contributed by atoms with van der Waals surface area (Å²) in [6.45, 7) is 11.4. The number of nitro groups is 1. The molecule has 6 heterocycles. The molecule has 5 aliphatic rings. The van der Waals surface area contributed by atoms with E-state index >= 15 is 0 Å². The molecule has 6 aromatic rings.